The highest BCUT2D eigenvalue weighted by molar-refractivity contribution is 6.20. The zero-order chi connectivity index (χ0) is 8.85. The molecule has 0 spiro atoms. The van der Waals surface area contributed by atoms with E-state index in [9.17, 15) is 4.79 Å². The lowest BCUT2D eigenvalue weighted by molar-refractivity contribution is -0.229. The Balaban J connectivity index is 3.61. The molecule has 0 radical (unpaired) electrons. The van der Waals surface area contributed by atoms with E-state index < -0.39 is 5.97 Å². The molecular formula is C7H11ClO3. The molecule has 0 fully saturated rings. The van der Waals surface area contributed by atoms with Gasteiger partial charge in [-0.1, -0.05) is 6.58 Å². The van der Waals surface area contributed by atoms with E-state index in [1.165, 1.54) is 0 Å². The molecule has 0 aliphatic heterocycles. The summed E-state index contributed by atoms with van der Waals surface area (Å²) in [6.45, 7) is 5.22. The van der Waals surface area contributed by atoms with Crippen molar-refractivity contribution in [2.75, 3.05) is 0 Å². The highest BCUT2D eigenvalue weighted by Crippen LogP contribution is 2.10. The van der Waals surface area contributed by atoms with Gasteiger partial charge in [-0.3, -0.25) is 4.89 Å². The standard InChI is InChI=1S/C7H11ClO3/c1-5(7(9)11-10)3-4-6(2)8/h6,10H,1,3-4H2,2H3. The third-order valence-electron chi connectivity index (χ3n) is 1.22. The van der Waals surface area contributed by atoms with Gasteiger partial charge in [0.2, 0.25) is 0 Å². The van der Waals surface area contributed by atoms with Crippen LogP contribution in [-0.4, -0.2) is 16.6 Å². The van der Waals surface area contributed by atoms with Crippen LogP contribution in [0.3, 0.4) is 0 Å². The van der Waals surface area contributed by atoms with Gasteiger partial charge in [0.15, 0.2) is 0 Å². The van der Waals surface area contributed by atoms with Crippen LogP contribution in [0.1, 0.15) is 19.8 Å². The van der Waals surface area contributed by atoms with E-state index in [2.05, 4.69) is 11.5 Å². The van der Waals surface area contributed by atoms with Crippen LogP contribution in [0.15, 0.2) is 12.2 Å². The lowest BCUT2D eigenvalue weighted by atomic mass is 10.1. The van der Waals surface area contributed by atoms with Gasteiger partial charge in [0.1, 0.15) is 0 Å². The molecular weight excluding hydrogens is 168 g/mol. The number of rotatable bonds is 4. The molecule has 0 rings (SSSR count). The van der Waals surface area contributed by atoms with Gasteiger partial charge in [-0.15, -0.1) is 11.6 Å². The highest BCUT2D eigenvalue weighted by atomic mass is 35.5. The maximum absolute atomic E-state index is 10.5. The molecule has 1 N–H and O–H groups in total. The quantitative estimate of drug-likeness (QED) is 0.310. The van der Waals surface area contributed by atoms with Crippen molar-refractivity contribution in [1.82, 2.24) is 0 Å². The largest absolute Gasteiger partial charge is 0.368 e. The van der Waals surface area contributed by atoms with Crippen LogP contribution < -0.4 is 0 Å². The molecule has 64 valence electrons. The van der Waals surface area contributed by atoms with E-state index in [1.807, 2.05) is 6.92 Å². The predicted molar refractivity (Wildman–Crippen MR) is 42.4 cm³/mol. The second-order valence-corrected chi connectivity index (χ2v) is 3.05. The van der Waals surface area contributed by atoms with E-state index in [1.54, 1.807) is 0 Å². The first-order valence-corrected chi connectivity index (χ1v) is 3.69. The Kier molecular flexibility index (Phi) is 4.90. The summed E-state index contributed by atoms with van der Waals surface area (Å²) < 4.78 is 0. The van der Waals surface area contributed by atoms with E-state index in [0.717, 1.165) is 0 Å². The fourth-order valence-electron chi connectivity index (χ4n) is 0.540. The Hall–Kier alpha value is -0.540. The first-order valence-electron chi connectivity index (χ1n) is 3.25. The number of hydrogen-bond donors (Lipinski definition) is 1. The summed E-state index contributed by atoms with van der Waals surface area (Å²) in [4.78, 5) is 14.0. The number of carbonyl (C=O) groups is 1. The molecule has 0 amide bonds. The molecule has 0 bridgehead atoms. The van der Waals surface area contributed by atoms with Crippen LogP contribution in [-0.2, 0) is 9.68 Å². The van der Waals surface area contributed by atoms with Gasteiger partial charge in [-0.05, 0) is 19.8 Å². The molecule has 3 nitrogen and oxygen atoms in total. The monoisotopic (exact) mass is 178 g/mol. The molecule has 0 aliphatic carbocycles. The predicted octanol–water partition coefficient (Wildman–Crippen LogP) is 1.97. The third kappa shape index (κ3) is 4.81. The van der Waals surface area contributed by atoms with Crippen molar-refractivity contribution in [2.24, 2.45) is 0 Å². The summed E-state index contributed by atoms with van der Waals surface area (Å²) in [6, 6.07) is 0. The zero-order valence-corrected chi connectivity index (χ0v) is 7.10. The van der Waals surface area contributed by atoms with Crippen LogP contribution in [0.2, 0.25) is 0 Å². The number of carbonyl (C=O) groups excluding carboxylic acids is 1. The van der Waals surface area contributed by atoms with Crippen molar-refractivity contribution in [3.63, 3.8) is 0 Å². The van der Waals surface area contributed by atoms with Crippen molar-refractivity contribution in [3.8, 4) is 0 Å². The fourth-order valence-corrected chi connectivity index (χ4v) is 0.649. The Morgan fingerprint density at radius 1 is 1.82 bits per heavy atom. The average molecular weight is 179 g/mol. The van der Waals surface area contributed by atoms with Gasteiger partial charge in [-0.2, -0.15) is 5.26 Å². The highest BCUT2D eigenvalue weighted by Gasteiger charge is 2.08. The van der Waals surface area contributed by atoms with Gasteiger partial charge < -0.3 is 0 Å². The molecule has 1 atom stereocenters. The second-order valence-electron chi connectivity index (χ2n) is 2.30. The molecule has 0 saturated heterocycles. The van der Waals surface area contributed by atoms with Gasteiger partial charge >= 0.3 is 5.97 Å². The van der Waals surface area contributed by atoms with Gasteiger partial charge in [0, 0.05) is 11.0 Å². The summed E-state index contributed by atoms with van der Waals surface area (Å²) in [5.41, 5.74) is 0.236. The van der Waals surface area contributed by atoms with Gasteiger partial charge in [-0.25, -0.2) is 4.79 Å². The maximum atomic E-state index is 10.5. The minimum Gasteiger partial charge on any atom is -0.296 e. The summed E-state index contributed by atoms with van der Waals surface area (Å²) in [6.07, 6.45) is 1.10. The first kappa shape index (κ1) is 10.5. The van der Waals surface area contributed by atoms with Crippen LogP contribution in [0.5, 0.6) is 0 Å². The van der Waals surface area contributed by atoms with Crippen molar-refractivity contribution < 1.29 is 14.9 Å². The van der Waals surface area contributed by atoms with Gasteiger partial charge in [0.25, 0.3) is 0 Å². The van der Waals surface area contributed by atoms with Crippen LogP contribution in [0.4, 0.5) is 0 Å². The zero-order valence-electron chi connectivity index (χ0n) is 6.34. The molecule has 0 aliphatic rings. The van der Waals surface area contributed by atoms with Crippen LogP contribution in [0.25, 0.3) is 0 Å². The molecule has 0 aromatic rings. The minimum atomic E-state index is -0.790. The summed E-state index contributed by atoms with van der Waals surface area (Å²) >= 11 is 5.61. The average Bonchev–Trinajstić information content (AvgIpc) is 1.98. The maximum Gasteiger partial charge on any atom is 0.368 e. The lowest BCUT2D eigenvalue weighted by Crippen LogP contribution is -2.05. The van der Waals surface area contributed by atoms with Crippen molar-refractivity contribution >= 4 is 17.6 Å². The normalized spacial score (nSPS) is 12.3. The molecule has 1 unspecified atom stereocenters. The summed E-state index contributed by atoms with van der Waals surface area (Å²) in [5, 5.41) is 7.93. The summed E-state index contributed by atoms with van der Waals surface area (Å²) in [5.74, 6) is -0.790. The molecule has 0 saturated carbocycles. The van der Waals surface area contributed by atoms with Crippen LogP contribution >= 0.6 is 11.6 Å². The van der Waals surface area contributed by atoms with Crippen molar-refractivity contribution in [3.05, 3.63) is 12.2 Å². The van der Waals surface area contributed by atoms with E-state index in [-0.39, 0.29) is 11.0 Å². The van der Waals surface area contributed by atoms with Crippen molar-refractivity contribution in [2.45, 2.75) is 25.1 Å². The van der Waals surface area contributed by atoms with Crippen LogP contribution in [0, 0.1) is 0 Å². The van der Waals surface area contributed by atoms with Gasteiger partial charge in [0.05, 0.1) is 0 Å². The number of halogens is 1. The Morgan fingerprint density at radius 2 is 2.36 bits per heavy atom. The fraction of sp³-hybridized carbons (Fsp3) is 0.571. The molecule has 11 heavy (non-hydrogen) atoms. The van der Waals surface area contributed by atoms with E-state index in [4.69, 9.17) is 16.9 Å². The van der Waals surface area contributed by atoms with E-state index >= 15 is 0 Å². The SMILES string of the molecule is C=C(CCC(C)Cl)C(=O)OO. The van der Waals surface area contributed by atoms with E-state index in [0.29, 0.717) is 12.8 Å². The topological polar surface area (TPSA) is 46.5 Å². The molecule has 0 aromatic heterocycles. The number of hydrogen-bond acceptors (Lipinski definition) is 3. The van der Waals surface area contributed by atoms with Crippen molar-refractivity contribution in [1.29, 1.82) is 0 Å². The Labute approximate surface area is 70.5 Å². The number of alkyl halides is 1. The second kappa shape index (κ2) is 5.16. The Morgan fingerprint density at radius 3 is 2.73 bits per heavy atom. The molecule has 0 heterocycles. The smallest absolute Gasteiger partial charge is 0.296 e. The third-order valence-corrected chi connectivity index (χ3v) is 1.43. The first-order chi connectivity index (χ1) is 5.07. The molecule has 4 heteroatoms. The Bertz CT molecular complexity index is 154. The minimum absolute atomic E-state index is 0.00163. The molecule has 0 aromatic carbocycles. The lowest BCUT2D eigenvalue weighted by Gasteiger charge is -2.02. The summed E-state index contributed by atoms with van der Waals surface area (Å²) in [7, 11) is 0.